The number of piperidine rings is 1. The van der Waals surface area contributed by atoms with E-state index in [9.17, 15) is 9.59 Å². The lowest BCUT2D eigenvalue weighted by molar-refractivity contribution is -0.152. The summed E-state index contributed by atoms with van der Waals surface area (Å²) in [6, 6.07) is 7.50. The molecule has 1 aromatic rings. The van der Waals surface area contributed by atoms with Gasteiger partial charge in [-0.1, -0.05) is 32.0 Å². The van der Waals surface area contributed by atoms with E-state index < -0.39 is 0 Å². The Bertz CT molecular complexity index is 520. The van der Waals surface area contributed by atoms with Crippen molar-refractivity contribution in [2.75, 3.05) is 13.2 Å². The van der Waals surface area contributed by atoms with Crippen molar-refractivity contribution in [1.82, 2.24) is 4.90 Å². The number of rotatable bonds is 5. The van der Waals surface area contributed by atoms with E-state index in [2.05, 4.69) is 0 Å². The molecule has 1 saturated heterocycles. The lowest BCUT2D eigenvalue weighted by atomic mass is 9.82. The highest BCUT2D eigenvalue weighted by atomic mass is 16.5. The number of para-hydroxylation sites is 1. The molecule has 5 heteroatoms. The van der Waals surface area contributed by atoms with Crippen molar-refractivity contribution in [2.24, 2.45) is 11.1 Å². The second-order valence-corrected chi connectivity index (χ2v) is 6.12. The maximum atomic E-state index is 12.0. The summed E-state index contributed by atoms with van der Waals surface area (Å²) in [5.41, 5.74) is 6.31. The van der Waals surface area contributed by atoms with Crippen LogP contribution in [0.1, 0.15) is 32.3 Å². The van der Waals surface area contributed by atoms with E-state index in [0.717, 1.165) is 5.56 Å². The molecule has 1 heterocycles. The van der Waals surface area contributed by atoms with Crippen LogP contribution in [0.2, 0.25) is 0 Å². The van der Waals surface area contributed by atoms with Crippen LogP contribution in [0, 0.1) is 5.41 Å². The summed E-state index contributed by atoms with van der Waals surface area (Å²) in [7, 11) is 0. The van der Waals surface area contributed by atoms with Crippen LogP contribution in [-0.4, -0.2) is 29.9 Å². The molecule has 2 N–H and O–H groups in total. The monoisotopic (exact) mass is 290 g/mol. The second kappa shape index (κ2) is 6.26. The molecule has 0 saturated carbocycles. The van der Waals surface area contributed by atoms with Gasteiger partial charge in [-0.15, -0.1) is 0 Å². The van der Waals surface area contributed by atoms with Gasteiger partial charge in [-0.25, -0.2) is 0 Å². The summed E-state index contributed by atoms with van der Waals surface area (Å²) in [4.78, 5) is 25.3. The lowest BCUT2D eigenvalue weighted by Crippen LogP contribution is -2.47. The van der Waals surface area contributed by atoms with E-state index >= 15 is 0 Å². The van der Waals surface area contributed by atoms with Gasteiger partial charge in [-0.3, -0.25) is 14.5 Å². The van der Waals surface area contributed by atoms with Gasteiger partial charge in [-0.05, 0) is 11.5 Å². The van der Waals surface area contributed by atoms with E-state index in [-0.39, 0.29) is 30.4 Å². The first-order chi connectivity index (χ1) is 9.93. The number of carbonyl (C=O) groups excluding carboxylic acids is 2. The summed E-state index contributed by atoms with van der Waals surface area (Å²) in [5.74, 6) is 0.469. The van der Waals surface area contributed by atoms with Crippen LogP contribution in [0.25, 0.3) is 0 Å². The number of nitrogens with zero attached hydrogens (tertiary/aromatic N) is 1. The average Bonchev–Trinajstić information content (AvgIpc) is 2.41. The van der Waals surface area contributed by atoms with Crippen molar-refractivity contribution in [3.63, 3.8) is 0 Å². The standard InChI is InChI=1S/C16H22N2O3/c1-16(2)9-14(19)18(15(20)10-16)7-8-21-13-6-4-3-5-12(13)11-17/h3-6H,7-11,17H2,1-2H3. The number of hydrogen-bond acceptors (Lipinski definition) is 4. The van der Waals surface area contributed by atoms with Crippen LogP contribution >= 0.6 is 0 Å². The first kappa shape index (κ1) is 15.5. The van der Waals surface area contributed by atoms with Crippen LogP contribution < -0.4 is 10.5 Å². The Labute approximate surface area is 125 Å². The van der Waals surface area contributed by atoms with E-state index in [0.29, 0.717) is 25.1 Å². The maximum absolute atomic E-state index is 12.0. The lowest BCUT2D eigenvalue weighted by Gasteiger charge is -2.34. The summed E-state index contributed by atoms with van der Waals surface area (Å²) < 4.78 is 5.65. The number of likely N-dealkylation sites (tertiary alicyclic amines) is 1. The number of hydrogen-bond donors (Lipinski definition) is 1. The molecule has 0 atom stereocenters. The highest BCUT2D eigenvalue weighted by Crippen LogP contribution is 2.31. The van der Waals surface area contributed by atoms with Gasteiger partial charge in [0, 0.05) is 24.9 Å². The molecule has 2 amide bonds. The van der Waals surface area contributed by atoms with E-state index in [4.69, 9.17) is 10.5 Å². The molecular weight excluding hydrogens is 268 g/mol. The van der Waals surface area contributed by atoms with Gasteiger partial charge in [0.2, 0.25) is 11.8 Å². The van der Waals surface area contributed by atoms with Crippen molar-refractivity contribution in [3.05, 3.63) is 29.8 Å². The van der Waals surface area contributed by atoms with Crippen molar-refractivity contribution in [1.29, 1.82) is 0 Å². The van der Waals surface area contributed by atoms with E-state index in [1.165, 1.54) is 4.90 Å². The molecule has 0 radical (unpaired) electrons. The van der Waals surface area contributed by atoms with E-state index in [1.54, 1.807) is 0 Å². The van der Waals surface area contributed by atoms with Crippen molar-refractivity contribution in [2.45, 2.75) is 33.2 Å². The number of imide groups is 1. The largest absolute Gasteiger partial charge is 0.491 e. The number of amides is 2. The third kappa shape index (κ3) is 3.82. The maximum Gasteiger partial charge on any atom is 0.229 e. The fraction of sp³-hybridized carbons (Fsp3) is 0.500. The van der Waals surface area contributed by atoms with Gasteiger partial charge in [0.25, 0.3) is 0 Å². The Morgan fingerprint density at radius 3 is 2.43 bits per heavy atom. The van der Waals surface area contributed by atoms with Crippen LogP contribution in [-0.2, 0) is 16.1 Å². The summed E-state index contributed by atoms with van der Waals surface area (Å²) in [6.07, 6.45) is 0.802. The first-order valence-corrected chi connectivity index (χ1v) is 7.17. The molecule has 5 nitrogen and oxygen atoms in total. The molecule has 0 aliphatic carbocycles. The molecule has 1 aliphatic rings. The second-order valence-electron chi connectivity index (χ2n) is 6.12. The smallest absolute Gasteiger partial charge is 0.229 e. The minimum Gasteiger partial charge on any atom is -0.491 e. The van der Waals surface area contributed by atoms with Gasteiger partial charge >= 0.3 is 0 Å². The molecule has 0 spiro atoms. The number of benzene rings is 1. The zero-order valence-corrected chi connectivity index (χ0v) is 12.6. The fourth-order valence-electron chi connectivity index (χ4n) is 2.52. The van der Waals surface area contributed by atoms with Gasteiger partial charge in [-0.2, -0.15) is 0 Å². The summed E-state index contributed by atoms with van der Waals surface area (Å²) >= 11 is 0. The van der Waals surface area contributed by atoms with Crippen molar-refractivity contribution in [3.8, 4) is 5.75 Å². The van der Waals surface area contributed by atoms with Crippen LogP contribution in [0.15, 0.2) is 24.3 Å². The predicted octanol–water partition coefficient (Wildman–Crippen LogP) is 1.70. The zero-order valence-electron chi connectivity index (χ0n) is 12.6. The first-order valence-electron chi connectivity index (χ1n) is 7.17. The fourth-order valence-corrected chi connectivity index (χ4v) is 2.52. The molecule has 1 aromatic carbocycles. The summed E-state index contributed by atoms with van der Waals surface area (Å²) in [6.45, 7) is 4.84. The number of nitrogens with two attached hydrogens (primary N) is 1. The predicted molar refractivity (Wildman–Crippen MR) is 79.6 cm³/mol. The molecule has 0 bridgehead atoms. The minimum absolute atomic E-state index is 0.119. The Morgan fingerprint density at radius 1 is 1.19 bits per heavy atom. The van der Waals surface area contributed by atoms with Crippen molar-refractivity contribution >= 4 is 11.8 Å². The Balaban J connectivity index is 1.91. The van der Waals surface area contributed by atoms with Gasteiger partial charge in [0.15, 0.2) is 0 Å². The van der Waals surface area contributed by atoms with E-state index in [1.807, 2.05) is 38.1 Å². The third-order valence-corrected chi connectivity index (χ3v) is 3.63. The Kier molecular flexibility index (Phi) is 4.63. The normalized spacial score (nSPS) is 18.0. The quantitative estimate of drug-likeness (QED) is 0.838. The zero-order chi connectivity index (χ0) is 15.5. The van der Waals surface area contributed by atoms with Gasteiger partial charge in [0.1, 0.15) is 12.4 Å². The van der Waals surface area contributed by atoms with Crippen molar-refractivity contribution < 1.29 is 14.3 Å². The number of carbonyl (C=O) groups is 2. The molecule has 0 aromatic heterocycles. The highest BCUT2D eigenvalue weighted by molar-refractivity contribution is 5.98. The molecule has 0 unspecified atom stereocenters. The topological polar surface area (TPSA) is 72.6 Å². The molecule has 2 rings (SSSR count). The average molecular weight is 290 g/mol. The molecule has 114 valence electrons. The molecule has 21 heavy (non-hydrogen) atoms. The van der Waals surface area contributed by atoms with Gasteiger partial charge in [0.05, 0.1) is 6.54 Å². The third-order valence-electron chi connectivity index (χ3n) is 3.63. The Morgan fingerprint density at radius 2 is 1.81 bits per heavy atom. The molecular formula is C16H22N2O3. The Hall–Kier alpha value is -1.88. The van der Waals surface area contributed by atoms with Crippen LogP contribution in [0.3, 0.4) is 0 Å². The molecule has 1 aliphatic heterocycles. The highest BCUT2D eigenvalue weighted by Gasteiger charge is 2.37. The van der Waals surface area contributed by atoms with Crippen LogP contribution in [0.4, 0.5) is 0 Å². The van der Waals surface area contributed by atoms with Gasteiger partial charge < -0.3 is 10.5 Å². The van der Waals surface area contributed by atoms with Crippen LogP contribution in [0.5, 0.6) is 5.75 Å². The minimum atomic E-state index is -0.238. The SMILES string of the molecule is CC1(C)CC(=O)N(CCOc2ccccc2CN)C(=O)C1. The number of ether oxygens (including phenoxy) is 1. The molecule has 1 fully saturated rings. The summed E-state index contributed by atoms with van der Waals surface area (Å²) in [5, 5.41) is 0.